The molecule has 0 atom stereocenters. The van der Waals surface area contributed by atoms with Gasteiger partial charge in [0.15, 0.2) is 11.5 Å². The van der Waals surface area contributed by atoms with E-state index in [0.717, 1.165) is 22.4 Å². The fraction of sp³-hybridized carbons (Fsp3) is 0.185. The molecule has 4 rings (SSSR count). The first-order valence-electron chi connectivity index (χ1n) is 11.2. The maximum atomic E-state index is 12.8. The van der Waals surface area contributed by atoms with Gasteiger partial charge in [0.25, 0.3) is 11.1 Å². The van der Waals surface area contributed by atoms with E-state index in [2.05, 4.69) is 0 Å². The zero-order valence-corrected chi connectivity index (χ0v) is 21.1. The van der Waals surface area contributed by atoms with Crippen LogP contribution < -0.4 is 18.9 Å². The zero-order chi connectivity index (χ0) is 25.3. The van der Waals surface area contributed by atoms with E-state index >= 15 is 0 Å². The van der Waals surface area contributed by atoms with E-state index in [1.807, 2.05) is 30.3 Å². The van der Waals surface area contributed by atoms with E-state index in [1.165, 1.54) is 0 Å². The van der Waals surface area contributed by atoms with Crippen LogP contribution in [0.4, 0.5) is 4.79 Å². The van der Waals surface area contributed by atoms with Gasteiger partial charge in [0, 0.05) is 0 Å². The molecule has 1 saturated heterocycles. The first-order chi connectivity index (χ1) is 17.5. The number of thioether (sulfide) groups is 1. The highest BCUT2D eigenvalue weighted by molar-refractivity contribution is 8.18. The van der Waals surface area contributed by atoms with Gasteiger partial charge in [-0.25, -0.2) is 0 Å². The summed E-state index contributed by atoms with van der Waals surface area (Å²) in [6.45, 7) is 0.972. The first kappa shape index (κ1) is 25.5. The molecule has 0 aromatic heterocycles. The second-order valence-electron chi connectivity index (χ2n) is 7.53. The summed E-state index contributed by atoms with van der Waals surface area (Å²) in [5.41, 5.74) is 0.706. The molecule has 9 heteroatoms. The third-order valence-electron chi connectivity index (χ3n) is 5.12. The van der Waals surface area contributed by atoms with Gasteiger partial charge in [-0.2, -0.15) is 0 Å². The SMILES string of the molecule is COc1cc(/C=C2\SC(=O)N(CCOc3ccccc3Cl)C2=O)ccc1OCCOc1ccccc1. The molecule has 0 unspecified atom stereocenters. The fourth-order valence-electron chi connectivity index (χ4n) is 3.37. The summed E-state index contributed by atoms with van der Waals surface area (Å²) < 4.78 is 22.5. The number of carbonyl (C=O) groups excluding carboxylic acids is 2. The number of carbonyl (C=O) groups is 2. The Hall–Kier alpha value is -3.62. The first-order valence-corrected chi connectivity index (χ1v) is 12.4. The summed E-state index contributed by atoms with van der Waals surface area (Å²) in [5.74, 6) is 1.97. The molecule has 3 aromatic rings. The van der Waals surface area contributed by atoms with Gasteiger partial charge in [-0.3, -0.25) is 14.5 Å². The van der Waals surface area contributed by atoms with Gasteiger partial charge in [-0.05, 0) is 59.8 Å². The van der Waals surface area contributed by atoms with Crippen LogP contribution in [0.1, 0.15) is 5.56 Å². The molecule has 0 spiro atoms. The maximum absolute atomic E-state index is 12.8. The minimum absolute atomic E-state index is 0.119. The normalized spacial score (nSPS) is 14.3. The summed E-state index contributed by atoms with van der Waals surface area (Å²) in [6.07, 6.45) is 1.66. The van der Waals surface area contributed by atoms with Crippen LogP contribution in [0.25, 0.3) is 6.08 Å². The molecule has 2 amide bonds. The molecule has 0 N–H and O–H groups in total. The molecule has 1 aliphatic heterocycles. The number of methoxy groups -OCH3 is 1. The number of hydrogen-bond donors (Lipinski definition) is 0. The lowest BCUT2D eigenvalue weighted by molar-refractivity contribution is -0.123. The van der Waals surface area contributed by atoms with Crippen LogP contribution in [0.5, 0.6) is 23.0 Å². The molecular weight excluding hydrogens is 502 g/mol. The summed E-state index contributed by atoms with van der Waals surface area (Å²) in [7, 11) is 1.54. The van der Waals surface area contributed by atoms with E-state index < -0.39 is 0 Å². The highest BCUT2D eigenvalue weighted by atomic mass is 35.5. The van der Waals surface area contributed by atoms with Gasteiger partial charge >= 0.3 is 0 Å². The Morgan fingerprint density at radius 2 is 1.56 bits per heavy atom. The summed E-state index contributed by atoms with van der Waals surface area (Å²) in [4.78, 5) is 26.7. The van der Waals surface area contributed by atoms with Crippen LogP contribution in [-0.2, 0) is 4.79 Å². The molecule has 0 saturated carbocycles. The number of hydrogen-bond acceptors (Lipinski definition) is 7. The van der Waals surface area contributed by atoms with E-state index in [4.69, 9.17) is 30.5 Å². The number of rotatable bonds is 11. The zero-order valence-electron chi connectivity index (χ0n) is 19.5. The Labute approximate surface area is 218 Å². The monoisotopic (exact) mass is 525 g/mol. The lowest BCUT2D eigenvalue weighted by Crippen LogP contribution is -2.32. The molecule has 1 heterocycles. The molecule has 7 nitrogen and oxygen atoms in total. The fourth-order valence-corrected chi connectivity index (χ4v) is 4.43. The van der Waals surface area contributed by atoms with Crippen molar-refractivity contribution < 1.29 is 28.5 Å². The van der Waals surface area contributed by atoms with Crippen LogP contribution >= 0.6 is 23.4 Å². The predicted octanol–water partition coefficient (Wildman–Crippen LogP) is 5.92. The van der Waals surface area contributed by atoms with E-state index in [-0.39, 0.29) is 24.3 Å². The van der Waals surface area contributed by atoms with Gasteiger partial charge < -0.3 is 18.9 Å². The van der Waals surface area contributed by atoms with Crippen molar-refractivity contribution in [3.05, 3.63) is 88.3 Å². The number of benzene rings is 3. The van der Waals surface area contributed by atoms with Gasteiger partial charge in [0.2, 0.25) is 0 Å². The van der Waals surface area contributed by atoms with Crippen LogP contribution in [0.3, 0.4) is 0 Å². The van der Waals surface area contributed by atoms with Crippen molar-refractivity contribution >= 4 is 40.6 Å². The molecule has 0 bridgehead atoms. The highest BCUT2D eigenvalue weighted by Crippen LogP contribution is 2.34. The topological polar surface area (TPSA) is 74.3 Å². The number of ether oxygens (including phenoxy) is 4. The minimum Gasteiger partial charge on any atom is -0.493 e. The number of halogens is 1. The van der Waals surface area contributed by atoms with Gasteiger partial charge in [-0.15, -0.1) is 0 Å². The van der Waals surface area contributed by atoms with E-state index in [1.54, 1.807) is 55.7 Å². The third kappa shape index (κ3) is 6.53. The Morgan fingerprint density at radius 3 is 2.33 bits per heavy atom. The van der Waals surface area contributed by atoms with Crippen molar-refractivity contribution in [2.75, 3.05) is 33.5 Å². The maximum Gasteiger partial charge on any atom is 0.293 e. The second-order valence-corrected chi connectivity index (χ2v) is 8.93. The van der Waals surface area contributed by atoms with Gasteiger partial charge in [0.05, 0.1) is 23.6 Å². The highest BCUT2D eigenvalue weighted by Gasteiger charge is 2.34. The molecular formula is C27H24ClNO6S. The Morgan fingerprint density at radius 1 is 0.833 bits per heavy atom. The smallest absolute Gasteiger partial charge is 0.293 e. The third-order valence-corrected chi connectivity index (χ3v) is 6.34. The molecule has 186 valence electrons. The number of amides is 2. The van der Waals surface area contributed by atoms with E-state index in [9.17, 15) is 9.59 Å². The molecule has 1 aliphatic rings. The van der Waals surface area contributed by atoms with Crippen molar-refractivity contribution in [2.24, 2.45) is 0 Å². The molecule has 1 fully saturated rings. The van der Waals surface area contributed by atoms with Crippen molar-refractivity contribution in [3.63, 3.8) is 0 Å². The lowest BCUT2D eigenvalue weighted by Gasteiger charge is -2.14. The van der Waals surface area contributed by atoms with Gasteiger partial charge in [0.1, 0.15) is 31.3 Å². The van der Waals surface area contributed by atoms with Crippen LogP contribution in [0, 0.1) is 0 Å². The van der Waals surface area contributed by atoms with Crippen molar-refractivity contribution in [1.29, 1.82) is 0 Å². The van der Waals surface area contributed by atoms with Crippen molar-refractivity contribution in [3.8, 4) is 23.0 Å². The Kier molecular flexibility index (Phi) is 8.76. The van der Waals surface area contributed by atoms with Crippen molar-refractivity contribution in [1.82, 2.24) is 4.90 Å². The average Bonchev–Trinajstić information content (AvgIpc) is 3.16. The number of para-hydroxylation sites is 2. The summed E-state index contributed by atoms with van der Waals surface area (Å²) >= 11 is 6.96. The van der Waals surface area contributed by atoms with Gasteiger partial charge in [-0.1, -0.05) is 48.0 Å². The second kappa shape index (κ2) is 12.4. The molecule has 3 aromatic carbocycles. The number of imide groups is 1. The van der Waals surface area contributed by atoms with Crippen LogP contribution in [0.2, 0.25) is 5.02 Å². The molecule has 0 aliphatic carbocycles. The van der Waals surface area contributed by atoms with Crippen molar-refractivity contribution in [2.45, 2.75) is 0 Å². The molecule has 0 radical (unpaired) electrons. The molecule has 36 heavy (non-hydrogen) atoms. The summed E-state index contributed by atoms with van der Waals surface area (Å²) in [6, 6.07) is 21.8. The minimum atomic E-state index is -0.370. The van der Waals surface area contributed by atoms with Crippen LogP contribution in [-0.4, -0.2) is 49.5 Å². The van der Waals surface area contributed by atoms with Crippen LogP contribution in [0.15, 0.2) is 77.7 Å². The number of nitrogens with zero attached hydrogens (tertiary/aromatic N) is 1. The Bertz CT molecular complexity index is 1250. The summed E-state index contributed by atoms with van der Waals surface area (Å²) in [5, 5.41) is 0.121. The lowest BCUT2D eigenvalue weighted by atomic mass is 10.2. The average molecular weight is 526 g/mol. The largest absolute Gasteiger partial charge is 0.493 e. The quantitative estimate of drug-likeness (QED) is 0.227. The predicted molar refractivity (Wildman–Crippen MR) is 140 cm³/mol. The standard InChI is InChI=1S/C27H24ClNO6S/c1-32-24-17-19(11-12-23(24)35-16-15-33-20-7-3-2-4-8-20)18-25-26(30)29(27(31)36-25)13-14-34-22-10-6-5-9-21(22)28/h2-12,17-18H,13-16H2,1H3/b25-18-. The van der Waals surface area contributed by atoms with E-state index in [0.29, 0.717) is 46.0 Å². The Balaban J connectivity index is 1.33.